The molecule has 0 bridgehead atoms. The lowest BCUT2D eigenvalue weighted by Crippen LogP contribution is -2.32. The van der Waals surface area contributed by atoms with E-state index in [1.807, 2.05) is 6.07 Å². The standard InChI is InChI=1S/C15H27N3/c1-5-7-17-12(2)10-15(3,4)11-13-6-8-18-14(16)9-13/h6,8-9,12,17H,5,7,10-11H2,1-4H3,(H2,16,18). The lowest BCUT2D eigenvalue weighted by Gasteiger charge is -2.28. The Morgan fingerprint density at radius 1 is 1.44 bits per heavy atom. The molecule has 0 saturated carbocycles. The molecule has 0 aromatic carbocycles. The Hall–Kier alpha value is -1.09. The van der Waals surface area contributed by atoms with Crippen LogP contribution in [-0.4, -0.2) is 17.6 Å². The summed E-state index contributed by atoms with van der Waals surface area (Å²) in [5.41, 5.74) is 7.27. The molecule has 0 amide bonds. The van der Waals surface area contributed by atoms with Crippen LogP contribution in [0.3, 0.4) is 0 Å². The SMILES string of the molecule is CCCNC(C)CC(C)(C)Cc1ccnc(N)c1. The van der Waals surface area contributed by atoms with E-state index in [1.54, 1.807) is 6.20 Å². The molecule has 3 N–H and O–H groups in total. The highest BCUT2D eigenvalue weighted by molar-refractivity contribution is 5.32. The van der Waals surface area contributed by atoms with E-state index in [4.69, 9.17) is 5.73 Å². The Bertz CT molecular complexity index is 361. The molecule has 3 heteroatoms. The van der Waals surface area contributed by atoms with Gasteiger partial charge in [0.25, 0.3) is 0 Å². The number of hydrogen-bond acceptors (Lipinski definition) is 3. The van der Waals surface area contributed by atoms with Gasteiger partial charge in [-0.05, 0) is 55.8 Å². The second-order valence-electron chi connectivity index (χ2n) is 5.99. The average Bonchev–Trinajstić information content (AvgIpc) is 2.24. The van der Waals surface area contributed by atoms with E-state index in [-0.39, 0.29) is 5.41 Å². The molecule has 0 saturated heterocycles. The quantitative estimate of drug-likeness (QED) is 0.781. The van der Waals surface area contributed by atoms with Crippen LogP contribution in [0.2, 0.25) is 0 Å². The number of nitrogens with one attached hydrogen (secondary N) is 1. The summed E-state index contributed by atoms with van der Waals surface area (Å²) >= 11 is 0. The number of pyridine rings is 1. The van der Waals surface area contributed by atoms with Crippen molar-refractivity contribution in [2.24, 2.45) is 5.41 Å². The van der Waals surface area contributed by atoms with Gasteiger partial charge < -0.3 is 11.1 Å². The van der Waals surface area contributed by atoms with Gasteiger partial charge in [-0.2, -0.15) is 0 Å². The van der Waals surface area contributed by atoms with Crippen molar-refractivity contribution >= 4 is 5.82 Å². The van der Waals surface area contributed by atoms with Gasteiger partial charge in [0.05, 0.1) is 0 Å². The normalized spacial score (nSPS) is 13.6. The maximum absolute atomic E-state index is 5.72. The number of nitrogens with zero attached hydrogens (tertiary/aromatic N) is 1. The lowest BCUT2D eigenvalue weighted by atomic mass is 9.80. The molecule has 1 rings (SSSR count). The van der Waals surface area contributed by atoms with Crippen molar-refractivity contribution in [1.82, 2.24) is 10.3 Å². The Balaban J connectivity index is 2.53. The molecular formula is C15H27N3. The van der Waals surface area contributed by atoms with Crippen LogP contribution < -0.4 is 11.1 Å². The van der Waals surface area contributed by atoms with E-state index < -0.39 is 0 Å². The molecule has 0 radical (unpaired) electrons. The number of nitrogen functional groups attached to an aromatic ring is 1. The van der Waals surface area contributed by atoms with E-state index in [0.29, 0.717) is 11.9 Å². The van der Waals surface area contributed by atoms with Crippen molar-refractivity contribution in [3.05, 3.63) is 23.9 Å². The number of hydrogen-bond donors (Lipinski definition) is 2. The van der Waals surface area contributed by atoms with Gasteiger partial charge >= 0.3 is 0 Å². The molecule has 1 atom stereocenters. The van der Waals surface area contributed by atoms with Gasteiger partial charge in [-0.3, -0.25) is 0 Å². The third-order valence-corrected chi connectivity index (χ3v) is 3.13. The molecule has 0 fully saturated rings. The van der Waals surface area contributed by atoms with Crippen molar-refractivity contribution in [2.75, 3.05) is 12.3 Å². The maximum Gasteiger partial charge on any atom is 0.123 e. The molecule has 0 spiro atoms. The Labute approximate surface area is 111 Å². The molecule has 1 aromatic rings. The lowest BCUT2D eigenvalue weighted by molar-refractivity contribution is 0.287. The smallest absolute Gasteiger partial charge is 0.123 e. The van der Waals surface area contributed by atoms with Gasteiger partial charge in [-0.15, -0.1) is 0 Å². The van der Waals surface area contributed by atoms with Crippen LogP contribution in [0.4, 0.5) is 5.82 Å². The first kappa shape index (κ1) is 15.0. The topological polar surface area (TPSA) is 50.9 Å². The highest BCUT2D eigenvalue weighted by atomic mass is 14.9. The van der Waals surface area contributed by atoms with Crippen LogP contribution in [0.25, 0.3) is 0 Å². The summed E-state index contributed by atoms with van der Waals surface area (Å²) in [7, 11) is 0. The van der Waals surface area contributed by atoms with Crippen molar-refractivity contribution in [3.8, 4) is 0 Å². The van der Waals surface area contributed by atoms with Crippen molar-refractivity contribution < 1.29 is 0 Å². The number of nitrogens with two attached hydrogens (primary N) is 1. The predicted molar refractivity (Wildman–Crippen MR) is 78.5 cm³/mol. The minimum absolute atomic E-state index is 0.272. The van der Waals surface area contributed by atoms with Gasteiger partial charge in [0.1, 0.15) is 5.82 Å². The molecule has 3 nitrogen and oxygen atoms in total. The minimum atomic E-state index is 0.272. The first-order chi connectivity index (χ1) is 8.43. The Kier molecular flexibility index (Phi) is 5.60. The summed E-state index contributed by atoms with van der Waals surface area (Å²) in [6.07, 6.45) is 5.18. The monoisotopic (exact) mass is 249 g/mol. The third-order valence-electron chi connectivity index (χ3n) is 3.13. The molecule has 0 aliphatic carbocycles. The van der Waals surface area contributed by atoms with E-state index in [1.165, 1.54) is 12.0 Å². The molecular weight excluding hydrogens is 222 g/mol. The first-order valence-electron chi connectivity index (χ1n) is 6.87. The van der Waals surface area contributed by atoms with Gasteiger partial charge in [0, 0.05) is 12.2 Å². The summed E-state index contributed by atoms with van der Waals surface area (Å²) < 4.78 is 0. The van der Waals surface area contributed by atoms with Gasteiger partial charge in [0.2, 0.25) is 0 Å². The zero-order valence-electron chi connectivity index (χ0n) is 12.2. The summed E-state index contributed by atoms with van der Waals surface area (Å²) in [6, 6.07) is 4.59. The fraction of sp³-hybridized carbons (Fsp3) is 0.667. The second kappa shape index (κ2) is 6.74. The van der Waals surface area contributed by atoms with Gasteiger partial charge in [-0.1, -0.05) is 20.8 Å². The molecule has 0 aliphatic heterocycles. The van der Waals surface area contributed by atoms with Crippen LogP contribution in [-0.2, 0) is 6.42 Å². The highest BCUT2D eigenvalue weighted by Crippen LogP contribution is 2.27. The number of aromatic nitrogens is 1. The van der Waals surface area contributed by atoms with Crippen LogP contribution >= 0.6 is 0 Å². The first-order valence-corrected chi connectivity index (χ1v) is 6.87. The minimum Gasteiger partial charge on any atom is -0.384 e. The van der Waals surface area contributed by atoms with Crippen LogP contribution in [0.5, 0.6) is 0 Å². The van der Waals surface area contributed by atoms with Gasteiger partial charge in [0.15, 0.2) is 0 Å². The predicted octanol–water partition coefficient (Wildman–Crippen LogP) is 3.01. The maximum atomic E-state index is 5.72. The molecule has 102 valence electrons. The van der Waals surface area contributed by atoms with E-state index in [9.17, 15) is 0 Å². The fourth-order valence-electron chi connectivity index (χ4n) is 2.52. The molecule has 18 heavy (non-hydrogen) atoms. The zero-order valence-corrected chi connectivity index (χ0v) is 12.2. The number of anilines is 1. The van der Waals surface area contributed by atoms with Gasteiger partial charge in [-0.25, -0.2) is 4.98 Å². The van der Waals surface area contributed by atoms with E-state index >= 15 is 0 Å². The molecule has 0 aliphatic rings. The second-order valence-corrected chi connectivity index (χ2v) is 5.99. The largest absolute Gasteiger partial charge is 0.384 e. The van der Waals surface area contributed by atoms with Crippen LogP contribution in [0.1, 0.15) is 46.1 Å². The third kappa shape index (κ3) is 5.50. The van der Waals surface area contributed by atoms with Crippen LogP contribution in [0, 0.1) is 5.41 Å². The Morgan fingerprint density at radius 3 is 2.78 bits per heavy atom. The molecule has 1 heterocycles. The van der Waals surface area contributed by atoms with Crippen molar-refractivity contribution in [1.29, 1.82) is 0 Å². The highest BCUT2D eigenvalue weighted by Gasteiger charge is 2.21. The summed E-state index contributed by atoms with van der Waals surface area (Å²) in [4.78, 5) is 4.04. The summed E-state index contributed by atoms with van der Waals surface area (Å²) in [6.45, 7) is 10.2. The fourth-order valence-corrected chi connectivity index (χ4v) is 2.52. The summed E-state index contributed by atoms with van der Waals surface area (Å²) in [5, 5.41) is 3.55. The molecule has 1 unspecified atom stereocenters. The van der Waals surface area contributed by atoms with E-state index in [0.717, 1.165) is 19.4 Å². The van der Waals surface area contributed by atoms with Crippen LogP contribution in [0.15, 0.2) is 18.3 Å². The molecule has 1 aromatic heterocycles. The van der Waals surface area contributed by atoms with Crippen molar-refractivity contribution in [2.45, 2.75) is 53.0 Å². The number of rotatable bonds is 7. The Morgan fingerprint density at radius 2 is 2.17 bits per heavy atom. The van der Waals surface area contributed by atoms with Crippen molar-refractivity contribution in [3.63, 3.8) is 0 Å². The summed E-state index contributed by atoms with van der Waals surface area (Å²) in [5.74, 6) is 0.612. The zero-order chi connectivity index (χ0) is 13.6. The van der Waals surface area contributed by atoms with E-state index in [2.05, 4.69) is 44.1 Å². The average molecular weight is 249 g/mol.